The molecule has 146 valence electrons. The zero-order valence-electron chi connectivity index (χ0n) is 15.9. The molecule has 0 radical (unpaired) electrons. The lowest BCUT2D eigenvalue weighted by Gasteiger charge is -2.16. The number of benzene rings is 2. The van der Waals surface area contributed by atoms with Gasteiger partial charge in [-0.15, -0.1) is 11.3 Å². The number of amides is 1. The molecule has 2 aromatic heterocycles. The SMILES string of the molecule is COC(=O)N1CC(c2nc3ccc(-c4cn[nH]c4)cc3s2)[C@@H](c2ccccc2)C1. The lowest BCUT2D eigenvalue weighted by atomic mass is 9.89. The number of H-pyrrole nitrogens is 1. The molecule has 0 spiro atoms. The Morgan fingerprint density at radius 3 is 2.72 bits per heavy atom. The number of fused-ring (bicyclic) bond motifs is 1. The van der Waals surface area contributed by atoms with E-state index in [1.165, 1.54) is 12.7 Å². The Morgan fingerprint density at radius 1 is 1.14 bits per heavy atom. The number of rotatable bonds is 3. The summed E-state index contributed by atoms with van der Waals surface area (Å²) in [4.78, 5) is 18.9. The standard InChI is InChI=1S/C22H20N4O2S/c1-28-22(27)26-12-17(14-5-3-2-4-6-14)18(13-26)21-25-19-8-7-15(9-20(19)29-21)16-10-23-24-11-16/h2-11,17-18H,12-13H2,1H3,(H,23,24)/t17-,18?/m1/s1. The van der Waals surface area contributed by atoms with Crippen LogP contribution in [0.25, 0.3) is 21.3 Å². The van der Waals surface area contributed by atoms with Gasteiger partial charge >= 0.3 is 6.09 Å². The van der Waals surface area contributed by atoms with Crippen molar-refractivity contribution in [2.75, 3.05) is 20.2 Å². The van der Waals surface area contributed by atoms with E-state index in [2.05, 4.69) is 40.5 Å². The zero-order chi connectivity index (χ0) is 19.8. The summed E-state index contributed by atoms with van der Waals surface area (Å²) in [5.74, 6) is 0.343. The first kappa shape index (κ1) is 17.9. The molecule has 3 heterocycles. The van der Waals surface area contributed by atoms with E-state index in [9.17, 15) is 4.79 Å². The fourth-order valence-corrected chi connectivity index (χ4v) is 5.22. The van der Waals surface area contributed by atoms with Crippen molar-refractivity contribution >= 4 is 27.6 Å². The molecular formula is C22H20N4O2S. The van der Waals surface area contributed by atoms with Gasteiger partial charge in [0, 0.05) is 36.7 Å². The highest BCUT2D eigenvalue weighted by atomic mass is 32.1. The van der Waals surface area contributed by atoms with E-state index in [4.69, 9.17) is 9.72 Å². The van der Waals surface area contributed by atoms with Crippen molar-refractivity contribution in [1.82, 2.24) is 20.1 Å². The van der Waals surface area contributed by atoms with Crippen molar-refractivity contribution in [3.8, 4) is 11.1 Å². The highest BCUT2D eigenvalue weighted by Gasteiger charge is 2.39. The molecule has 0 aliphatic carbocycles. The third kappa shape index (κ3) is 3.27. The van der Waals surface area contributed by atoms with Crippen LogP contribution in [0, 0.1) is 0 Å². The molecule has 2 atom stereocenters. The molecule has 1 aliphatic heterocycles. The Morgan fingerprint density at radius 2 is 1.97 bits per heavy atom. The van der Waals surface area contributed by atoms with E-state index in [0.29, 0.717) is 13.1 Å². The molecule has 5 rings (SSSR count). The first-order chi connectivity index (χ1) is 14.2. The number of likely N-dealkylation sites (tertiary alicyclic amines) is 1. The van der Waals surface area contributed by atoms with Crippen molar-refractivity contribution in [2.45, 2.75) is 11.8 Å². The maximum atomic E-state index is 12.2. The quantitative estimate of drug-likeness (QED) is 0.540. The van der Waals surface area contributed by atoms with Crippen LogP contribution in [0.5, 0.6) is 0 Å². The molecule has 1 N–H and O–H groups in total. The predicted molar refractivity (Wildman–Crippen MR) is 113 cm³/mol. The van der Waals surface area contributed by atoms with Crippen molar-refractivity contribution in [3.63, 3.8) is 0 Å². The van der Waals surface area contributed by atoms with E-state index >= 15 is 0 Å². The van der Waals surface area contributed by atoms with Gasteiger partial charge in [0.1, 0.15) is 0 Å². The molecular weight excluding hydrogens is 384 g/mol. The van der Waals surface area contributed by atoms with Gasteiger partial charge in [-0.2, -0.15) is 5.10 Å². The van der Waals surface area contributed by atoms with E-state index in [0.717, 1.165) is 26.4 Å². The van der Waals surface area contributed by atoms with Gasteiger partial charge in [-0.25, -0.2) is 9.78 Å². The van der Waals surface area contributed by atoms with Gasteiger partial charge in [0.25, 0.3) is 0 Å². The monoisotopic (exact) mass is 404 g/mol. The van der Waals surface area contributed by atoms with Crippen LogP contribution in [0.1, 0.15) is 22.4 Å². The molecule has 6 nitrogen and oxygen atoms in total. The smallest absolute Gasteiger partial charge is 0.409 e. The number of carbonyl (C=O) groups excluding carboxylic acids is 1. The van der Waals surface area contributed by atoms with Gasteiger partial charge in [-0.3, -0.25) is 5.10 Å². The molecule has 1 saturated heterocycles. The van der Waals surface area contributed by atoms with Crippen LogP contribution in [0.15, 0.2) is 60.9 Å². The first-order valence-corrected chi connectivity index (χ1v) is 10.3. The van der Waals surface area contributed by atoms with E-state index in [-0.39, 0.29) is 17.9 Å². The van der Waals surface area contributed by atoms with Crippen molar-refractivity contribution in [3.05, 3.63) is 71.5 Å². The normalized spacial score (nSPS) is 19.0. The summed E-state index contributed by atoms with van der Waals surface area (Å²) in [7, 11) is 1.43. The predicted octanol–water partition coefficient (Wildman–Crippen LogP) is 4.64. The van der Waals surface area contributed by atoms with Crippen LogP contribution in [0.4, 0.5) is 4.79 Å². The van der Waals surface area contributed by atoms with Crippen LogP contribution in [0.3, 0.4) is 0 Å². The second kappa shape index (κ2) is 7.33. The van der Waals surface area contributed by atoms with E-state index in [1.54, 1.807) is 16.2 Å². The lowest BCUT2D eigenvalue weighted by molar-refractivity contribution is 0.132. The van der Waals surface area contributed by atoms with Gasteiger partial charge in [0.15, 0.2) is 0 Å². The molecule has 1 unspecified atom stereocenters. The Kier molecular flexibility index (Phi) is 4.52. The molecule has 29 heavy (non-hydrogen) atoms. The molecule has 2 aromatic carbocycles. The van der Waals surface area contributed by atoms with Crippen molar-refractivity contribution < 1.29 is 9.53 Å². The summed E-state index contributed by atoms with van der Waals surface area (Å²) in [6, 6.07) is 16.6. The second-order valence-corrected chi connectivity index (χ2v) is 8.28. The number of carbonyl (C=O) groups is 1. The third-order valence-corrected chi connectivity index (χ3v) is 6.68. The molecule has 1 aliphatic rings. The van der Waals surface area contributed by atoms with Crippen LogP contribution in [-0.4, -0.2) is 46.4 Å². The summed E-state index contributed by atoms with van der Waals surface area (Å²) in [5, 5.41) is 7.96. The van der Waals surface area contributed by atoms with Gasteiger partial charge in [-0.1, -0.05) is 36.4 Å². The number of aromatic amines is 1. The molecule has 4 aromatic rings. The Balaban J connectivity index is 1.53. The minimum absolute atomic E-state index is 0.145. The fraction of sp³-hybridized carbons (Fsp3) is 0.227. The largest absolute Gasteiger partial charge is 0.453 e. The van der Waals surface area contributed by atoms with Crippen LogP contribution < -0.4 is 0 Å². The molecule has 1 fully saturated rings. The Hall–Kier alpha value is -3.19. The van der Waals surface area contributed by atoms with Crippen LogP contribution in [-0.2, 0) is 4.74 Å². The Bertz CT molecular complexity index is 1140. The average molecular weight is 404 g/mol. The summed E-state index contributed by atoms with van der Waals surface area (Å²) >= 11 is 1.71. The minimum atomic E-state index is -0.281. The number of nitrogens with one attached hydrogen (secondary N) is 1. The fourth-order valence-electron chi connectivity index (χ4n) is 4.06. The molecule has 0 saturated carbocycles. The van der Waals surface area contributed by atoms with E-state index in [1.807, 2.05) is 30.6 Å². The third-order valence-electron chi connectivity index (χ3n) is 5.53. The summed E-state index contributed by atoms with van der Waals surface area (Å²) in [5.41, 5.74) is 4.38. The van der Waals surface area contributed by atoms with Gasteiger partial charge in [0.05, 0.1) is 28.5 Å². The number of thiazole rings is 1. The average Bonchev–Trinajstić information content (AvgIpc) is 3.52. The number of hydrogen-bond donors (Lipinski definition) is 1. The van der Waals surface area contributed by atoms with Crippen LogP contribution >= 0.6 is 11.3 Å². The number of ether oxygens (including phenoxy) is 1. The minimum Gasteiger partial charge on any atom is -0.453 e. The maximum absolute atomic E-state index is 12.2. The van der Waals surface area contributed by atoms with Crippen molar-refractivity contribution in [1.29, 1.82) is 0 Å². The highest BCUT2D eigenvalue weighted by Crippen LogP contribution is 2.42. The van der Waals surface area contributed by atoms with Gasteiger partial charge in [0.2, 0.25) is 0 Å². The molecule has 0 bridgehead atoms. The van der Waals surface area contributed by atoms with E-state index < -0.39 is 0 Å². The maximum Gasteiger partial charge on any atom is 0.409 e. The first-order valence-electron chi connectivity index (χ1n) is 9.50. The molecule has 7 heteroatoms. The summed E-state index contributed by atoms with van der Waals surface area (Å²) in [6.07, 6.45) is 3.43. The number of hydrogen-bond acceptors (Lipinski definition) is 5. The Labute approximate surface area is 172 Å². The lowest BCUT2D eigenvalue weighted by Crippen LogP contribution is -2.28. The van der Waals surface area contributed by atoms with Gasteiger partial charge < -0.3 is 9.64 Å². The topological polar surface area (TPSA) is 71.1 Å². The van der Waals surface area contributed by atoms with Crippen molar-refractivity contribution in [2.24, 2.45) is 0 Å². The molecule has 1 amide bonds. The number of methoxy groups -OCH3 is 1. The number of aromatic nitrogens is 3. The number of nitrogens with zero attached hydrogens (tertiary/aromatic N) is 3. The van der Waals surface area contributed by atoms with Crippen LogP contribution in [0.2, 0.25) is 0 Å². The zero-order valence-corrected chi connectivity index (χ0v) is 16.7. The summed E-state index contributed by atoms with van der Waals surface area (Å²) in [6.45, 7) is 1.25. The summed E-state index contributed by atoms with van der Waals surface area (Å²) < 4.78 is 6.12. The second-order valence-electron chi connectivity index (χ2n) is 7.22. The highest BCUT2D eigenvalue weighted by molar-refractivity contribution is 7.18. The van der Waals surface area contributed by atoms with Gasteiger partial charge in [-0.05, 0) is 23.3 Å².